The van der Waals surface area contributed by atoms with Gasteiger partial charge in [0.05, 0.1) is 94.0 Å². The van der Waals surface area contributed by atoms with Gasteiger partial charge in [-0.05, 0) is 96.2 Å². The number of imidazole rings is 3. The Morgan fingerprint density at radius 2 is 1.04 bits per heavy atom. The molecule has 0 spiro atoms. The van der Waals surface area contributed by atoms with Crippen LogP contribution in [0.2, 0.25) is 0 Å². The number of nitrogens with one attached hydrogen (secondary N) is 14. The van der Waals surface area contributed by atoms with Crippen molar-refractivity contribution in [3.8, 4) is 0 Å². The molecule has 1 aliphatic rings. The third kappa shape index (κ3) is 13.8. The second kappa shape index (κ2) is 30.3. The number of hydrogen-bond acceptors (Lipinski definition) is 19. The fraction of sp³-hybridized carbons (Fsp3) is 0.0263. The van der Waals surface area contributed by atoms with Gasteiger partial charge in [-0.15, -0.1) is 15.3 Å². The van der Waals surface area contributed by atoms with Crippen LogP contribution >= 0.6 is 0 Å². The number of para-hydroxylation sites is 1. The van der Waals surface area contributed by atoms with Crippen molar-refractivity contribution in [1.29, 1.82) is 0 Å². The van der Waals surface area contributed by atoms with Crippen molar-refractivity contribution in [3.05, 3.63) is 281 Å². The molecule has 0 unspecified atom stereocenters. The van der Waals surface area contributed by atoms with Crippen molar-refractivity contribution in [3.63, 3.8) is 0 Å². The first-order valence-corrected chi connectivity index (χ1v) is 34.8. The van der Waals surface area contributed by atoms with Gasteiger partial charge in [-0.1, -0.05) is 23.4 Å². The summed E-state index contributed by atoms with van der Waals surface area (Å²) in [5, 5.41) is 31.5. The third-order valence-electron chi connectivity index (χ3n) is 18.0. The van der Waals surface area contributed by atoms with E-state index in [-0.39, 0.29) is 5.69 Å². The summed E-state index contributed by atoms with van der Waals surface area (Å²) in [6.07, 6.45) is 49.6. The first kappa shape index (κ1) is 67.1. The molecule has 26 aromatic rings. The van der Waals surface area contributed by atoms with E-state index in [0.29, 0.717) is 0 Å². The van der Waals surface area contributed by atoms with E-state index in [9.17, 15) is 4.79 Å². The van der Waals surface area contributed by atoms with E-state index in [0.717, 1.165) is 152 Å². The van der Waals surface area contributed by atoms with Crippen molar-refractivity contribution in [2.24, 2.45) is 0 Å². The molecule has 36 nitrogen and oxygen atoms in total. The van der Waals surface area contributed by atoms with Crippen molar-refractivity contribution < 1.29 is 0 Å². The number of fused-ring (bicyclic) bond motifs is 24. The molecule has 36 heteroatoms. The van der Waals surface area contributed by atoms with Crippen LogP contribution in [0.3, 0.4) is 0 Å². The fourth-order valence-electron chi connectivity index (χ4n) is 12.7. The van der Waals surface area contributed by atoms with Gasteiger partial charge in [0.25, 0.3) is 0 Å². The predicted molar refractivity (Wildman–Crippen MR) is 426 cm³/mol. The Hall–Kier alpha value is -16.8. The molecule has 0 fully saturated rings. The second-order valence-corrected chi connectivity index (χ2v) is 24.7. The SMILES string of the molecule is O=c1[nH]c2cnc3[nH]ccc3c2[nH]1.c1cc2c(n1)ncc1c[nH][nH]c12.c1cc2c(ncc3cncn32)[nH]1.c1cc2c(ncc3cnnn32)[nH]1.c1cc2c(ncc3nncn32)[nH]1.c1cc2c3c(cnc2[nH]1)CCN3.c1ccc2[nH]ccc2c1.c1cn2c(cnc3[nH]ccc32)n1.c1cnc2[nH]ccc2c1.c1cnc2[nH]ccc2n1. The molecule has 14 N–H and O–H groups in total. The zero-order chi connectivity index (χ0) is 74.9. The standard InChI is InChI=1S/C9H9N3.C8H6N4O.3C8H6N4.C8H7N.2C7H5N5.C7H6N2.C6H5N3/c1-3-10-8-6(1)5-12-9-7(8)2-4-11-9;13-8-11-5-3-10-7-4(1-2-9-7)6(5)12-8;1-2-10-8-7(1)12-5-9-3-6(12)4-11-8;1-2-9-8-6(1)7-5(3-10-8)4-11-12-7;1-2-10-8-6(1)12-4-3-9-7(12)5-11-8;1-2-4-8-7(3-1)5-6-9-8;1-2-8-7-6(1)12-5(3-9-7)4-10-11-12;1-2-8-7-5(1)12-4-10-11-6(12)3-9-7;1-2-6-3-5-9-7(6)8-4-1;1-2-8-6-5(1)7-3-4-9-6/h2,4-5,10H,1,3H2,(H,11,12);1-3H,(H,9,10)(H2,11,12,13);1-5,10H;1-4,11-12H;1-5,10H;1-6,9H;2*1-4,8H;1-5H,(H,8,9);1-4H,(H,8,9). The number of H-pyrrole nitrogens is 13. The minimum absolute atomic E-state index is 0.203. The molecule has 0 bridgehead atoms. The highest BCUT2D eigenvalue weighted by atomic mass is 16.1. The first-order chi connectivity index (χ1) is 55.4. The smallest absolute Gasteiger partial charge is 0.323 e. The Morgan fingerprint density at radius 3 is 1.88 bits per heavy atom. The Labute approximate surface area is 624 Å². The van der Waals surface area contributed by atoms with E-state index in [1.54, 1.807) is 104 Å². The summed E-state index contributed by atoms with van der Waals surface area (Å²) >= 11 is 0. The van der Waals surface area contributed by atoms with Gasteiger partial charge in [-0.2, -0.15) is 0 Å². The van der Waals surface area contributed by atoms with Gasteiger partial charge in [0.1, 0.15) is 39.8 Å². The normalized spacial score (nSPS) is 11.4. The van der Waals surface area contributed by atoms with Gasteiger partial charge in [-0.3, -0.25) is 23.3 Å². The highest BCUT2D eigenvalue weighted by Crippen LogP contribution is 2.29. The highest BCUT2D eigenvalue weighted by Gasteiger charge is 2.14. The Balaban J connectivity index is 0.0000000871. The van der Waals surface area contributed by atoms with Crippen LogP contribution in [0.5, 0.6) is 0 Å². The van der Waals surface area contributed by atoms with Gasteiger partial charge < -0.3 is 65.2 Å². The molecule has 112 heavy (non-hydrogen) atoms. The van der Waals surface area contributed by atoms with E-state index >= 15 is 0 Å². The van der Waals surface area contributed by atoms with Gasteiger partial charge in [-0.25, -0.2) is 69.1 Å². The molecule has 1 aromatic carbocycles. The number of anilines is 1. The summed E-state index contributed by atoms with van der Waals surface area (Å²) in [6.45, 7) is 1.04. The second-order valence-electron chi connectivity index (χ2n) is 24.7. The molecule has 0 saturated heterocycles. The van der Waals surface area contributed by atoms with Gasteiger partial charge in [0, 0.05) is 151 Å². The molecule has 1 aliphatic heterocycles. The molecule has 0 radical (unpaired) electrons. The van der Waals surface area contributed by atoms with Crippen LogP contribution in [0.4, 0.5) is 5.69 Å². The van der Waals surface area contributed by atoms with Crippen LogP contribution < -0.4 is 11.0 Å². The third-order valence-corrected chi connectivity index (χ3v) is 18.0. The van der Waals surface area contributed by atoms with Crippen molar-refractivity contribution >= 4 is 161 Å². The van der Waals surface area contributed by atoms with Gasteiger partial charge >= 0.3 is 5.69 Å². The molecule has 0 aliphatic carbocycles. The molecule has 25 aromatic heterocycles. The maximum atomic E-state index is 11.0. The molecule has 0 atom stereocenters. The Kier molecular flexibility index (Phi) is 18.2. The topological polar surface area (TPSA) is 471 Å². The Bertz CT molecular complexity index is 6550. The van der Waals surface area contributed by atoms with Gasteiger partial charge in [0.15, 0.2) is 45.2 Å². The number of aromatic amines is 13. The highest BCUT2D eigenvalue weighted by molar-refractivity contribution is 6.02. The molecule has 0 amide bonds. The summed E-state index contributed by atoms with van der Waals surface area (Å²) < 4.78 is 7.63. The monoisotopic (exact) mass is 1480 g/mol. The number of benzene rings is 1. The number of pyridine rings is 4. The maximum Gasteiger partial charge on any atom is 0.323 e. The summed E-state index contributed by atoms with van der Waals surface area (Å²) in [7, 11) is 0. The van der Waals surface area contributed by atoms with Crippen molar-refractivity contribution in [2.45, 2.75) is 6.42 Å². The maximum absolute atomic E-state index is 11.0. The molecular formula is C76H61N35O. The summed E-state index contributed by atoms with van der Waals surface area (Å²) in [6, 6.07) is 31.9. The van der Waals surface area contributed by atoms with Crippen LogP contribution in [0.1, 0.15) is 5.56 Å². The largest absolute Gasteiger partial charge is 0.384 e. The number of nitrogens with zero attached hydrogens (tertiary/aromatic N) is 21. The van der Waals surface area contributed by atoms with E-state index in [4.69, 9.17) is 0 Å². The quantitative estimate of drug-likeness (QED) is 0.0670. The lowest BCUT2D eigenvalue weighted by atomic mass is 10.2. The molecule has 0 saturated carbocycles. The number of rotatable bonds is 0. The lowest BCUT2D eigenvalue weighted by Crippen LogP contribution is -1.99. The lowest BCUT2D eigenvalue weighted by molar-refractivity contribution is 0.880. The fourth-order valence-corrected chi connectivity index (χ4v) is 12.7. The number of hydrogen-bond donors (Lipinski definition) is 14. The van der Waals surface area contributed by atoms with Gasteiger partial charge in [0.2, 0.25) is 0 Å². The summed E-state index contributed by atoms with van der Waals surface area (Å²) in [4.78, 5) is 97.5. The molecular weight excluding hydrogens is 1420 g/mol. The first-order valence-electron chi connectivity index (χ1n) is 34.8. The lowest BCUT2D eigenvalue weighted by Gasteiger charge is -1.99. The average molecular weight is 1480 g/mol. The average Bonchev–Trinajstić information content (AvgIpc) is 1.61. The summed E-state index contributed by atoms with van der Waals surface area (Å²) in [5.41, 5.74) is 22.6. The molecule has 27 rings (SSSR count). The molecule has 546 valence electrons. The van der Waals surface area contributed by atoms with Crippen LogP contribution in [-0.2, 0) is 6.42 Å². The summed E-state index contributed by atoms with van der Waals surface area (Å²) in [5.74, 6) is 0. The number of aromatic nitrogens is 34. The van der Waals surface area contributed by atoms with E-state index in [1.165, 1.54) is 27.5 Å². The van der Waals surface area contributed by atoms with Crippen LogP contribution in [0.15, 0.2) is 269 Å². The van der Waals surface area contributed by atoms with E-state index < -0.39 is 0 Å². The zero-order valence-electron chi connectivity index (χ0n) is 58.5. The zero-order valence-corrected chi connectivity index (χ0v) is 58.5. The van der Waals surface area contributed by atoms with E-state index in [2.05, 4.69) is 180 Å². The van der Waals surface area contributed by atoms with Crippen molar-refractivity contribution in [2.75, 3.05) is 11.9 Å². The molecule has 26 heterocycles. The minimum atomic E-state index is -0.203. The minimum Gasteiger partial charge on any atom is -0.384 e. The van der Waals surface area contributed by atoms with Crippen molar-refractivity contribution in [1.82, 2.24) is 168 Å². The van der Waals surface area contributed by atoms with Crippen LogP contribution in [0.25, 0.3) is 155 Å². The van der Waals surface area contributed by atoms with Crippen LogP contribution in [0, 0.1) is 0 Å². The Morgan fingerprint density at radius 1 is 0.384 bits per heavy atom. The van der Waals surface area contributed by atoms with Crippen LogP contribution in [-0.4, -0.2) is 175 Å². The predicted octanol–water partition coefficient (Wildman–Crippen LogP) is 12.0. The van der Waals surface area contributed by atoms with E-state index in [1.807, 2.05) is 154 Å².